The largest absolute Gasteiger partial charge is 0.396 e. The second kappa shape index (κ2) is 19.5. The summed E-state index contributed by atoms with van der Waals surface area (Å²) in [6.45, 7) is -1.62. The van der Waals surface area contributed by atoms with Crippen LogP contribution in [0.2, 0.25) is 0 Å². The second-order valence-corrected chi connectivity index (χ2v) is 9.09. The molecule has 7 unspecified atom stereocenters. The molecule has 0 bridgehead atoms. The molecule has 0 aliphatic carbocycles. The van der Waals surface area contributed by atoms with Gasteiger partial charge in [-0.1, -0.05) is 0 Å². The van der Waals surface area contributed by atoms with E-state index in [1.807, 2.05) is 0 Å². The van der Waals surface area contributed by atoms with E-state index in [9.17, 15) is 51.1 Å². The van der Waals surface area contributed by atoms with Crippen molar-refractivity contribution in [2.75, 3.05) is 46.2 Å². The van der Waals surface area contributed by atoms with E-state index in [-0.39, 0.29) is 32.8 Å². The zero-order chi connectivity index (χ0) is 30.4. The molecule has 13 atom stereocenters. The molecule has 240 valence electrons. The number of hydrogen-bond acceptors (Lipinski definition) is 18. The Morgan fingerprint density at radius 3 is 1.88 bits per heavy atom. The quantitative estimate of drug-likeness (QED) is 0.0433. The Bertz CT molecular complexity index is 652. The summed E-state index contributed by atoms with van der Waals surface area (Å²) in [6.07, 6.45) is -25.9. The zero-order valence-corrected chi connectivity index (χ0v) is 21.9. The van der Waals surface area contributed by atoms with Crippen LogP contribution in [0.4, 0.5) is 0 Å². The van der Waals surface area contributed by atoms with Gasteiger partial charge < -0.3 is 90.7 Å². The third-order valence-corrected chi connectivity index (χ3v) is 6.09. The molecule has 40 heavy (non-hydrogen) atoms. The summed E-state index contributed by atoms with van der Waals surface area (Å²) in [6, 6.07) is 0. The van der Waals surface area contributed by atoms with Gasteiger partial charge in [-0.2, -0.15) is 0 Å². The smallest absolute Gasteiger partial charge is 0.187 e. The van der Waals surface area contributed by atoms with Gasteiger partial charge in [0.05, 0.1) is 38.6 Å². The number of rotatable bonds is 21. The lowest BCUT2D eigenvalue weighted by Crippen LogP contribution is -2.62. The highest BCUT2D eigenvalue weighted by Gasteiger charge is 2.48. The maximum Gasteiger partial charge on any atom is 0.187 e. The van der Waals surface area contributed by atoms with Crippen molar-refractivity contribution in [2.45, 2.75) is 92.8 Å². The summed E-state index contributed by atoms with van der Waals surface area (Å²) in [4.78, 5) is 0. The molecule has 1 aliphatic rings. The summed E-state index contributed by atoms with van der Waals surface area (Å²) in [5, 5.41) is 120. The molecule has 0 aromatic rings. The molecule has 0 amide bonds. The molecule has 1 heterocycles. The van der Waals surface area contributed by atoms with Crippen LogP contribution in [0, 0.1) is 0 Å². The number of aliphatic hydroxyl groups is 12. The number of nitrogens with two attached hydrogens (primary N) is 1. The first-order valence-corrected chi connectivity index (χ1v) is 12.8. The second-order valence-electron chi connectivity index (χ2n) is 9.09. The van der Waals surface area contributed by atoms with E-state index >= 15 is 0 Å². The van der Waals surface area contributed by atoms with Gasteiger partial charge in [0.2, 0.25) is 0 Å². The Balaban J connectivity index is 3.13. The topological polar surface area (TPSA) is 315 Å². The van der Waals surface area contributed by atoms with Gasteiger partial charge in [0.25, 0.3) is 0 Å². The first-order chi connectivity index (χ1) is 18.9. The summed E-state index contributed by atoms with van der Waals surface area (Å²) < 4.78 is 26.5. The SMILES string of the molecule is NCCOCCO[C@H]1OC(CO)[C@@H](O)C(O)C1O[C@@H](O)C(O[C@H](O)C(O)C(O)[C@H](O)CCO)C(O)[C@H](O)CCO. The first kappa shape index (κ1) is 37.3. The molecule has 0 spiro atoms. The van der Waals surface area contributed by atoms with E-state index < -0.39 is 106 Å². The molecule has 0 aromatic heterocycles. The fraction of sp³-hybridized carbons (Fsp3) is 1.00. The normalized spacial score (nSPS) is 29.8. The molecule has 1 fully saturated rings. The lowest BCUT2D eigenvalue weighted by molar-refractivity contribution is -0.353. The van der Waals surface area contributed by atoms with Crippen LogP contribution in [0.15, 0.2) is 0 Å². The van der Waals surface area contributed by atoms with Crippen molar-refractivity contribution in [1.29, 1.82) is 0 Å². The minimum absolute atomic E-state index is 0.0150. The summed E-state index contributed by atoms with van der Waals surface area (Å²) in [5.41, 5.74) is 5.33. The van der Waals surface area contributed by atoms with Gasteiger partial charge in [-0.3, -0.25) is 0 Å². The summed E-state index contributed by atoms with van der Waals surface area (Å²) in [5.74, 6) is 0. The monoisotopic (exact) mass is 595 g/mol. The molecule has 0 saturated carbocycles. The highest BCUT2D eigenvalue weighted by Crippen LogP contribution is 2.27. The molecule has 0 radical (unpaired) electrons. The van der Waals surface area contributed by atoms with Crippen molar-refractivity contribution in [3.63, 3.8) is 0 Å². The maximum atomic E-state index is 10.8. The molecule has 14 N–H and O–H groups in total. The van der Waals surface area contributed by atoms with Gasteiger partial charge in [-0.25, -0.2) is 0 Å². The van der Waals surface area contributed by atoms with Gasteiger partial charge in [0.1, 0.15) is 48.8 Å². The highest BCUT2D eigenvalue weighted by molar-refractivity contribution is 4.91. The van der Waals surface area contributed by atoms with Gasteiger partial charge in [0, 0.05) is 19.8 Å². The van der Waals surface area contributed by atoms with E-state index in [2.05, 4.69) is 0 Å². The van der Waals surface area contributed by atoms with Crippen molar-refractivity contribution < 1.29 is 85.0 Å². The minimum atomic E-state index is -2.42. The van der Waals surface area contributed by atoms with Gasteiger partial charge in [-0.05, 0) is 12.8 Å². The van der Waals surface area contributed by atoms with Crippen molar-refractivity contribution in [3.8, 4) is 0 Å². The van der Waals surface area contributed by atoms with E-state index in [1.165, 1.54) is 0 Å². The van der Waals surface area contributed by atoms with Crippen LogP contribution in [0.3, 0.4) is 0 Å². The van der Waals surface area contributed by atoms with E-state index in [4.69, 9.17) is 39.6 Å². The van der Waals surface area contributed by atoms with Crippen LogP contribution in [0.1, 0.15) is 12.8 Å². The predicted octanol–water partition coefficient (Wildman–Crippen LogP) is -7.61. The predicted molar refractivity (Wildman–Crippen MR) is 129 cm³/mol. The molecule has 0 aromatic carbocycles. The van der Waals surface area contributed by atoms with Gasteiger partial charge in [0.15, 0.2) is 18.9 Å². The summed E-state index contributed by atoms with van der Waals surface area (Å²) in [7, 11) is 0. The van der Waals surface area contributed by atoms with E-state index in [0.717, 1.165) is 0 Å². The Labute approximate surface area is 230 Å². The molecule has 18 heteroatoms. The fourth-order valence-corrected chi connectivity index (χ4v) is 3.76. The van der Waals surface area contributed by atoms with Crippen molar-refractivity contribution in [2.24, 2.45) is 5.73 Å². The molecule has 18 nitrogen and oxygen atoms in total. The number of aliphatic hydroxyl groups excluding tert-OH is 12. The van der Waals surface area contributed by atoms with E-state index in [1.54, 1.807) is 0 Å². The van der Waals surface area contributed by atoms with Crippen LogP contribution in [0.25, 0.3) is 0 Å². The maximum absolute atomic E-state index is 10.8. The number of ether oxygens (including phenoxy) is 5. The van der Waals surface area contributed by atoms with Crippen molar-refractivity contribution >= 4 is 0 Å². The van der Waals surface area contributed by atoms with Crippen LogP contribution in [-0.2, 0) is 23.7 Å². The van der Waals surface area contributed by atoms with Crippen LogP contribution in [-0.4, -0.2) is 187 Å². The Morgan fingerprint density at radius 2 is 1.32 bits per heavy atom. The van der Waals surface area contributed by atoms with Crippen LogP contribution < -0.4 is 5.73 Å². The minimum Gasteiger partial charge on any atom is -0.396 e. The van der Waals surface area contributed by atoms with Gasteiger partial charge in [-0.15, -0.1) is 0 Å². The lowest BCUT2D eigenvalue weighted by Gasteiger charge is -2.43. The standard InChI is InChI=1S/C22H45NO17/c23-3-6-36-7-8-37-22-19(16(32)15(31)12(9-26)38-22)40-21(35)18(14(30)11(28)2-5-25)39-20(34)17(33)13(29)10(27)1-4-24/h10-22,24-35H,1-9,23H2/t10-,11-,12?,13?,14?,15-,16?,17?,18?,19?,20+,21-,22+/m1/s1. The fourth-order valence-electron chi connectivity index (χ4n) is 3.76. The van der Waals surface area contributed by atoms with E-state index in [0.29, 0.717) is 0 Å². The third kappa shape index (κ3) is 11.2. The Hall–Kier alpha value is -0.720. The Kier molecular flexibility index (Phi) is 18.2. The highest BCUT2D eigenvalue weighted by atomic mass is 16.7. The molecular weight excluding hydrogens is 550 g/mol. The average molecular weight is 596 g/mol. The average Bonchev–Trinajstić information content (AvgIpc) is 2.93. The number of hydrogen-bond donors (Lipinski definition) is 13. The first-order valence-electron chi connectivity index (χ1n) is 12.8. The molecule has 1 saturated heterocycles. The van der Waals surface area contributed by atoms with Crippen molar-refractivity contribution in [1.82, 2.24) is 0 Å². The van der Waals surface area contributed by atoms with Crippen LogP contribution >= 0.6 is 0 Å². The molecular formula is C22H45NO17. The Morgan fingerprint density at radius 1 is 0.725 bits per heavy atom. The third-order valence-electron chi connectivity index (χ3n) is 6.09. The van der Waals surface area contributed by atoms with Crippen molar-refractivity contribution in [3.05, 3.63) is 0 Å². The zero-order valence-electron chi connectivity index (χ0n) is 21.9. The lowest BCUT2D eigenvalue weighted by atomic mass is 9.98. The van der Waals surface area contributed by atoms with Crippen LogP contribution in [0.5, 0.6) is 0 Å². The molecule has 1 aliphatic heterocycles. The molecule has 1 rings (SSSR count). The van der Waals surface area contributed by atoms with Gasteiger partial charge >= 0.3 is 0 Å². The summed E-state index contributed by atoms with van der Waals surface area (Å²) >= 11 is 0.